The Balaban J connectivity index is 1.58. The van der Waals surface area contributed by atoms with Crippen LogP contribution in [-0.2, 0) is 6.54 Å². The summed E-state index contributed by atoms with van der Waals surface area (Å²) in [6.07, 6.45) is 4.99. The minimum atomic E-state index is -0.337. The van der Waals surface area contributed by atoms with Gasteiger partial charge in [0.1, 0.15) is 18.1 Å². The number of fused-ring (bicyclic) bond motifs is 3. The SMILES string of the molecule is O=c1oc2c3c(ccc2cc1-c1ccc(Cl)cc1)OCN(C1CCCC1)C3. The van der Waals surface area contributed by atoms with Gasteiger partial charge in [0, 0.05) is 23.0 Å². The van der Waals surface area contributed by atoms with Crippen LogP contribution < -0.4 is 10.4 Å². The summed E-state index contributed by atoms with van der Waals surface area (Å²) in [5.41, 5.74) is 2.62. The zero-order chi connectivity index (χ0) is 18.4. The van der Waals surface area contributed by atoms with Crippen LogP contribution in [0.1, 0.15) is 31.2 Å². The topological polar surface area (TPSA) is 42.7 Å². The van der Waals surface area contributed by atoms with Crippen LogP contribution in [0.3, 0.4) is 0 Å². The van der Waals surface area contributed by atoms with Gasteiger partial charge < -0.3 is 9.15 Å². The van der Waals surface area contributed by atoms with E-state index in [9.17, 15) is 4.79 Å². The second kappa shape index (κ2) is 6.70. The Kier molecular flexibility index (Phi) is 4.18. The van der Waals surface area contributed by atoms with E-state index in [1.807, 2.05) is 30.3 Å². The number of benzene rings is 2. The minimum Gasteiger partial charge on any atom is -0.478 e. The summed E-state index contributed by atoms with van der Waals surface area (Å²) >= 11 is 5.96. The molecule has 0 N–H and O–H groups in total. The van der Waals surface area contributed by atoms with Crippen molar-refractivity contribution in [3.8, 4) is 16.9 Å². The number of hydrogen-bond acceptors (Lipinski definition) is 4. The summed E-state index contributed by atoms with van der Waals surface area (Å²) in [4.78, 5) is 15.1. The molecule has 1 fully saturated rings. The first-order valence-electron chi connectivity index (χ1n) is 9.41. The lowest BCUT2D eigenvalue weighted by Gasteiger charge is -2.33. The molecule has 1 saturated carbocycles. The van der Waals surface area contributed by atoms with Crippen molar-refractivity contribution in [3.05, 3.63) is 63.5 Å². The fraction of sp³-hybridized carbons (Fsp3) is 0.318. The highest BCUT2D eigenvalue weighted by Crippen LogP contribution is 2.36. The first-order chi connectivity index (χ1) is 13.2. The minimum absolute atomic E-state index is 0.337. The number of nitrogens with zero attached hydrogens (tertiary/aromatic N) is 1. The van der Waals surface area contributed by atoms with E-state index < -0.39 is 0 Å². The number of rotatable bonds is 2. The predicted molar refractivity (Wildman–Crippen MR) is 106 cm³/mol. The van der Waals surface area contributed by atoms with E-state index in [0.29, 0.717) is 28.9 Å². The summed E-state index contributed by atoms with van der Waals surface area (Å²) in [6, 6.07) is 13.6. The van der Waals surface area contributed by atoms with E-state index in [2.05, 4.69) is 4.90 Å². The van der Waals surface area contributed by atoms with Gasteiger partial charge in [0.05, 0.1) is 11.1 Å². The molecule has 1 aliphatic carbocycles. The molecule has 27 heavy (non-hydrogen) atoms. The highest BCUT2D eigenvalue weighted by atomic mass is 35.5. The molecule has 2 aromatic carbocycles. The summed E-state index contributed by atoms with van der Waals surface area (Å²) in [5.74, 6) is 0.819. The van der Waals surface area contributed by atoms with Crippen molar-refractivity contribution in [2.75, 3.05) is 6.73 Å². The average Bonchev–Trinajstić information content (AvgIpc) is 3.23. The van der Waals surface area contributed by atoms with E-state index in [4.69, 9.17) is 20.8 Å². The number of ether oxygens (including phenoxy) is 1. The second-order valence-corrected chi connectivity index (χ2v) is 7.81. The van der Waals surface area contributed by atoms with Crippen molar-refractivity contribution >= 4 is 22.6 Å². The molecule has 1 aliphatic heterocycles. The first-order valence-corrected chi connectivity index (χ1v) is 9.79. The quantitative estimate of drug-likeness (QED) is 0.571. The molecule has 0 radical (unpaired) electrons. The number of hydrogen-bond donors (Lipinski definition) is 0. The lowest BCUT2D eigenvalue weighted by Crippen LogP contribution is -2.38. The van der Waals surface area contributed by atoms with Gasteiger partial charge in [0.25, 0.3) is 0 Å². The Morgan fingerprint density at radius 1 is 1.04 bits per heavy atom. The third kappa shape index (κ3) is 3.03. The van der Waals surface area contributed by atoms with Crippen LogP contribution in [0.4, 0.5) is 0 Å². The molecular formula is C22H20ClNO3. The smallest absolute Gasteiger partial charge is 0.344 e. The molecule has 4 nitrogen and oxygen atoms in total. The van der Waals surface area contributed by atoms with Crippen LogP contribution in [0.2, 0.25) is 5.02 Å². The fourth-order valence-electron chi connectivity index (χ4n) is 4.24. The van der Waals surface area contributed by atoms with E-state index >= 15 is 0 Å². The van der Waals surface area contributed by atoms with Crippen molar-refractivity contribution in [1.82, 2.24) is 4.90 Å². The highest BCUT2D eigenvalue weighted by Gasteiger charge is 2.28. The Labute approximate surface area is 162 Å². The van der Waals surface area contributed by atoms with Gasteiger partial charge in [-0.05, 0) is 48.7 Å². The van der Waals surface area contributed by atoms with Crippen molar-refractivity contribution in [2.24, 2.45) is 0 Å². The summed E-state index contributed by atoms with van der Waals surface area (Å²) in [7, 11) is 0. The molecule has 1 aromatic heterocycles. The van der Waals surface area contributed by atoms with E-state index in [1.165, 1.54) is 25.7 Å². The van der Waals surface area contributed by atoms with Crippen molar-refractivity contribution in [1.29, 1.82) is 0 Å². The first kappa shape index (κ1) is 16.8. The fourth-order valence-corrected chi connectivity index (χ4v) is 4.37. The summed E-state index contributed by atoms with van der Waals surface area (Å²) in [5, 5.41) is 1.55. The highest BCUT2D eigenvalue weighted by molar-refractivity contribution is 6.30. The normalized spacial score (nSPS) is 17.8. The molecule has 5 heteroatoms. The van der Waals surface area contributed by atoms with Crippen molar-refractivity contribution in [3.63, 3.8) is 0 Å². The molecular weight excluding hydrogens is 362 g/mol. The lowest BCUT2D eigenvalue weighted by molar-refractivity contribution is 0.0581. The van der Waals surface area contributed by atoms with Crippen LogP contribution in [0, 0.1) is 0 Å². The number of halogens is 1. The summed E-state index contributed by atoms with van der Waals surface area (Å²) in [6.45, 7) is 1.37. The van der Waals surface area contributed by atoms with Crippen molar-refractivity contribution in [2.45, 2.75) is 38.3 Å². The third-order valence-electron chi connectivity index (χ3n) is 5.71. The maximum atomic E-state index is 12.7. The van der Waals surface area contributed by atoms with E-state index in [-0.39, 0.29) is 5.63 Å². The van der Waals surface area contributed by atoms with Gasteiger partial charge in [-0.1, -0.05) is 36.6 Å². The largest absolute Gasteiger partial charge is 0.478 e. The van der Waals surface area contributed by atoms with Gasteiger partial charge in [-0.15, -0.1) is 0 Å². The maximum Gasteiger partial charge on any atom is 0.344 e. The Morgan fingerprint density at radius 3 is 2.59 bits per heavy atom. The molecule has 5 rings (SSSR count). The van der Waals surface area contributed by atoms with Crippen molar-refractivity contribution < 1.29 is 9.15 Å². The van der Waals surface area contributed by atoms with E-state index in [1.54, 1.807) is 12.1 Å². The molecule has 3 aromatic rings. The molecule has 0 unspecified atom stereocenters. The average molecular weight is 382 g/mol. The van der Waals surface area contributed by atoms with E-state index in [0.717, 1.165) is 28.8 Å². The van der Waals surface area contributed by atoms with Crippen LogP contribution in [0.15, 0.2) is 51.7 Å². The summed E-state index contributed by atoms with van der Waals surface area (Å²) < 4.78 is 11.8. The maximum absolute atomic E-state index is 12.7. The predicted octanol–water partition coefficient (Wildman–Crippen LogP) is 5.21. The Morgan fingerprint density at radius 2 is 1.81 bits per heavy atom. The standard InChI is InChI=1S/C22H20ClNO3/c23-16-8-5-14(6-9-16)18-11-15-7-10-20-19(21(15)27-22(18)25)12-24(13-26-20)17-3-1-2-4-17/h5-11,17H,1-4,12-13H2. The van der Waals surface area contributed by atoms with Gasteiger partial charge in [-0.2, -0.15) is 0 Å². The molecule has 2 heterocycles. The van der Waals surface area contributed by atoms with Crippen LogP contribution in [0.25, 0.3) is 22.1 Å². The molecule has 0 amide bonds. The Hall–Kier alpha value is -2.30. The third-order valence-corrected chi connectivity index (χ3v) is 5.96. The Bertz CT molecular complexity index is 1050. The lowest BCUT2D eigenvalue weighted by atomic mass is 10.0. The van der Waals surface area contributed by atoms with Gasteiger partial charge in [0.15, 0.2) is 0 Å². The monoisotopic (exact) mass is 381 g/mol. The van der Waals surface area contributed by atoms with Crippen LogP contribution in [-0.4, -0.2) is 17.7 Å². The van der Waals surface area contributed by atoms with Crippen LogP contribution in [0.5, 0.6) is 5.75 Å². The molecule has 0 saturated heterocycles. The van der Waals surface area contributed by atoms with Crippen LogP contribution >= 0.6 is 11.6 Å². The molecule has 0 spiro atoms. The zero-order valence-corrected chi connectivity index (χ0v) is 15.7. The molecule has 138 valence electrons. The van der Waals surface area contributed by atoms with Gasteiger partial charge >= 0.3 is 5.63 Å². The van der Waals surface area contributed by atoms with Gasteiger partial charge in [-0.3, -0.25) is 4.90 Å². The molecule has 0 atom stereocenters. The second-order valence-electron chi connectivity index (χ2n) is 7.37. The molecule has 2 aliphatic rings. The van der Waals surface area contributed by atoms with Gasteiger partial charge in [-0.25, -0.2) is 4.79 Å². The zero-order valence-electron chi connectivity index (χ0n) is 14.9. The van der Waals surface area contributed by atoms with Gasteiger partial charge in [0.2, 0.25) is 0 Å². The molecule has 0 bridgehead atoms.